The first-order valence-electron chi connectivity index (χ1n) is 6.79. The molecular formula is C16H14F3NO4. The van der Waals surface area contributed by atoms with Gasteiger partial charge in [0.15, 0.2) is 18.1 Å². The summed E-state index contributed by atoms with van der Waals surface area (Å²) in [6.45, 7) is -3.35. The molecule has 5 nitrogen and oxygen atoms in total. The minimum Gasteiger partial charge on any atom is -0.493 e. The Morgan fingerprint density at radius 3 is 2.46 bits per heavy atom. The van der Waals surface area contributed by atoms with Crippen LogP contribution in [0.3, 0.4) is 0 Å². The molecule has 1 N–H and O–H groups in total. The second kappa shape index (κ2) is 8.09. The molecule has 0 atom stereocenters. The van der Waals surface area contributed by atoms with Gasteiger partial charge in [0.1, 0.15) is 11.6 Å². The molecule has 1 amide bonds. The van der Waals surface area contributed by atoms with Crippen LogP contribution in [0.4, 0.5) is 18.9 Å². The van der Waals surface area contributed by atoms with E-state index in [-0.39, 0.29) is 23.8 Å². The van der Waals surface area contributed by atoms with Crippen LogP contribution >= 0.6 is 0 Å². The summed E-state index contributed by atoms with van der Waals surface area (Å²) in [4.78, 5) is 11.8. The minimum atomic E-state index is -3.02. The molecule has 0 spiro atoms. The number of carbonyl (C=O) groups excluding carboxylic acids is 1. The van der Waals surface area contributed by atoms with E-state index in [0.717, 1.165) is 0 Å². The van der Waals surface area contributed by atoms with Crippen molar-refractivity contribution < 1.29 is 32.2 Å². The van der Waals surface area contributed by atoms with Crippen LogP contribution in [0.1, 0.15) is 0 Å². The van der Waals surface area contributed by atoms with Gasteiger partial charge in [0.05, 0.1) is 7.11 Å². The molecule has 0 heterocycles. The van der Waals surface area contributed by atoms with Crippen LogP contribution in [-0.4, -0.2) is 26.2 Å². The van der Waals surface area contributed by atoms with E-state index in [4.69, 9.17) is 9.47 Å². The number of rotatable bonds is 7. The average Bonchev–Trinajstić information content (AvgIpc) is 2.54. The molecule has 0 saturated heterocycles. The lowest BCUT2D eigenvalue weighted by Crippen LogP contribution is -2.20. The first-order valence-corrected chi connectivity index (χ1v) is 6.79. The molecule has 0 aliphatic rings. The quantitative estimate of drug-likeness (QED) is 0.838. The Labute approximate surface area is 135 Å². The fourth-order valence-corrected chi connectivity index (χ4v) is 1.82. The Balaban J connectivity index is 1.96. The lowest BCUT2D eigenvalue weighted by atomic mass is 10.2. The lowest BCUT2D eigenvalue weighted by Gasteiger charge is -2.12. The molecule has 0 aromatic heterocycles. The predicted octanol–water partition coefficient (Wildman–Crippen LogP) is 3.45. The monoisotopic (exact) mass is 341 g/mol. The maximum absolute atomic E-state index is 12.8. The molecule has 0 aliphatic carbocycles. The van der Waals surface area contributed by atoms with Crippen LogP contribution in [0.15, 0.2) is 42.5 Å². The van der Waals surface area contributed by atoms with Crippen molar-refractivity contribution in [2.45, 2.75) is 6.61 Å². The van der Waals surface area contributed by atoms with Gasteiger partial charge in [0.2, 0.25) is 0 Å². The zero-order chi connectivity index (χ0) is 17.5. The predicted molar refractivity (Wildman–Crippen MR) is 80.2 cm³/mol. The van der Waals surface area contributed by atoms with Crippen LogP contribution in [0.5, 0.6) is 17.2 Å². The third-order valence-corrected chi connectivity index (χ3v) is 2.85. The molecule has 24 heavy (non-hydrogen) atoms. The van der Waals surface area contributed by atoms with Crippen LogP contribution in [-0.2, 0) is 4.79 Å². The van der Waals surface area contributed by atoms with Gasteiger partial charge in [-0.25, -0.2) is 4.39 Å². The third-order valence-electron chi connectivity index (χ3n) is 2.85. The van der Waals surface area contributed by atoms with Crippen molar-refractivity contribution in [2.24, 2.45) is 0 Å². The molecular weight excluding hydrogens is 327 g/mol. The number of nitrogens with one attached hydrogen (secondary N) is 1. The maximum atomic E-state index is 12.8. The third kappa shape index (κ3) is 5.08. The van der Waals surface area contributed by atoms with E-state index < -0.39 is 18.3 Å². The normalized spacial score (nSPS) is 10.4. The van der Waals surface area contributed by atoms with E-state index in [2.05, 4.69) is 10.1 Å². The Bertz CT molecular complexity index is 692. The van der Waals surface area contributed by atoms with Crippen LogP contribution < -0.4 is 19.5 Å². The number of halogens is 3. The number of amides is 1. The molecule has 0 radical (unpaired) electrons. The maximum Gasteiger partial charge on any atom is 0.387 e. The van der Waals surface area contributed by atoms with Crippen molar-refractivity contribution >= 4 is 11.6 Å². The number of alkyl halides is 2. The molecule has 0 saturated carbocycles. The zero-order valence-electron chi connectivity index (χ0n) is 12.6. The van der Waals surface area contributed by atoms with Gasteiger partial charge in [-0.15, -0.1) is 0 Å². The summed E-state index contributed by atoms with van der Waals surface area (Å²) in [5.41, 5.74) is 0.235. The summed E-state index contributed by atoms with van der Waals surface area (Å²) in [6, 6.07) is 9.21. The Morgan fingerprint density at radius 2 is 1.83 bits per heavy atom. The molecule has 0 bridgehead atoms. The van der Waals surface area contributed by atoms with Crippen LogP contribution in [0.25, 0.3) is 0 Å². The Kier molecular flexibility index (Phi) is 5.89. The van der Waals surface area contributed by atoms with Gasteiger partial charge in [0.25, 0.3) is 5.91 Å². The van der Waals surface area contributed by atoms with Gasteiger partial charge in [-0.2, -0.15) is 8.78 Å². The minimum absolute atomic E-state index is 0.107. The Hall–Kier alpha value is -2.90. The molecule has 0 aliphatic heterocycles. The summed E-state index contributed by atoms with van der Waals surface area (Å²) in [7, 11) is 1.31. The molecule has 8 heteroatoms. The topological polar surface area (TPSA) is 56.8 Å². The van der Waals surface area contributed by atoms with Crippen molar-refractivity contribution in [3.63, 3.8) is 0 Å². The number of hydrogen-bond donors (Lipinski definition) is 1. The largest absolute Gasteiger partial charge is 0.493 e. The highest BCUT2D eigenvalue weighted by Gasteiger charge is 2.12. The molecule has 2 aromatic rings. The van der Waals surface area contributed by atoms with Crippen molar-refractivity contribution in [3.05, 3.63) is 48.3 Å². The van der Waals surface area contributed by atoms with Crippen LogP contribution in [0.2, 0.25) is 0 Å². The van der Waals surface area contributed by atoms with E-state index in [1.165, 1.54) is 49.6 Å². The number of benzene rings is 2. The molecule has 2 rings (SSSR count). The fourth-order valence-electron chi connectivity index (χ4n) is 1.82. The summed E-state index contributed by atoms with van der Waals surface area (Å²) in [6.07, 6.45) is 0. The zero-order valence-corrected chi connectivity index (χ0v) is 12.6. The number of ether oxygens (including phenoxy) is 3. The molecule has 0 unspecified atom stereocenters. The highest BCUT2D eigenvalue weighted by Crippen LogP contribution is 2.31. The average molecular weight is 341 g/mol. The standard InChI is InChI=1S/C16H14F3NO4/c1-22-13-7-4-11(8-14(13)24-16(18)19)20-15(21)9-23-12-5-2-10(17)3-6-12/h2-8,16H,9H2,1H3,(H,20,21). The van der Waals surface area contributed by atoms with Crippen molar-refractivity contribution in [2.75, 3.05) is 19.0 Å². The summed E-state index contributed by atoms with van der Waals surface area (Å²) < 4.78 is 51.9. The SMILES string of the molecule is COc1ccc(NC(=O)COc2ccc(F)cc2)cc1OC(F)F. The second-order valence-corrected chi connectivity index (χ2v) is 4.53. The smallest absolute Gasteiger partial charge is 0.387 e. The van der Waals surface area contributed by atoms with Crippen molar-refractivity contribution in [1.82, 2.24) is 0 Å². The first-order chi connectivity index (χ1) is 11.5. The van der Waals surface area contributed by atoms with Crippen LogP contribution in [0, 0.1) is 5.82 Å². The van der Waals surface area contributed by atoms with E-state index >= 15 is 0 Å². The second-order valence-electron chi connectivity index (χ2n) is 4.53. The number of anilines is 1. The summed E-state index contributed by atoms with van der Waals surface area (Å²) in [5, 5.41) is 2.47. The number of methoxy groups -OCH3 is 1. The summed E-state index contributed by atoms with van der Waals surface area (Å²) in [5.74, 6) is -0.715. The highest BCUT2D eigenvalue weighted by atomic mass is 19.3. The van der Waals surface area contributed by atoms with Crippen molar-refractivity contribution in [1.29, 1.82) is 0 Å². The molecule has 0 fully saturated rings. The van der Waals surface area contributed by atoms with E-state index in [1.54, 1.807) is 0 Å². The van der Waals surface area contributed by atoms with Gasteiger partial charge in [-0.1, -0.05) is 0 Å². The highest BCUT2D eigenvalue weighted by molar-refractivity contribution is 5.92. The van der Waals surface area contributed by atoms with Gasteiger partial charge in [-0.05, 0) is 36.4 Å². The molecule has 2 aromatic carbocycles. The first kappa shape index (κ1) is 17.5. The number of carbonyl (C=O) groups is 1. The van der Waals surface area contributed by atoms with Gasteiger partial charge in [-0.3, -0.25) is 4.79 Å². The van der Waals surface area contributed by atoms with E-state index in [0.29, 0.717) is 5.75 Å². The van der Waals surface area contributed by atoms with Gasteiger partial charge >= 0.3 is 6.61 Å². The number of hydrogen-bond acceptors (Lipinski definition) is 4. The fraction of sp³-hybridized carbons (Fsp3) is 0.188. The molecule has 128 valence electrons. The van der Waals surface area contributed by atoms with Gasteiger partial charge in [0, 0.05) is 11.8 Å². The Morgan fingerprint density at radius 1 is 1.12 bits per heavy atom. The van der Waals surface area contributed by atoms with Crippen molar-refractivity contribution in [3.8, 4) is 17.2 Å². The summed E-state index contributed by atoms with van der Waals surface area (Å²) >= 11 is 0. The lowest BCUT2D eigenvalue weighted by molar-refractivity contribution is -0.118. The van der Waals surface area contributed by atoms with E-state index in [9.17, 15) is 18.0 Å². The van der Waals surface area contributed by atoms with E-state index in [1.807, 2.05) is 0 Å². The van der Waals surface area contributed by atoms with Gasteiger partial charge < -0.3 is 19.5 Å².